The zero-order valence-corrected chi connectivity index (χ0v) is 8.05. The maximum absolute atomic E-state index is 9.13. The molecule has 2 atom stereocenters. The highest BCUT2D eigenvalue weighted by Crippen LogP contribution is 2.17. The minimum atomic E-state index is 0.341. The van der Waals surface area contributed by atoms with E-state index in [1.54, 1.807) is 0 Å². The summed E-state index contributed by atoms with van der Waals surface area (Å²) in [4.78, 5) is 0. The number of aliphatic hydroxyl groups is 1. The number of aliphatic hydroxyl groups excluding tert-OH is 1. The molecule has 2 heteroatoms. The number of rotatable bonds is 3. The highest BCUT2D eigenvalue weighted by atomic mass is 16.3. The van der Waals surface area contributed by atoms with Crippen LogP contribution in [0.15, 0.2) is 0 Å². The van der Waals surface area contributed by atoms with Gasteiger partial charge in [0.2, 0.25) is 0 Å². The molecule has 1 aliphatic rings. The van der Waals surface area contributed by atoms with Crippen LogP contribution in [0.25, 0.3) is 0 Å². The summed E-state index contributed by atoms with van der Waals surface area (Å²) in [6.45, 7) is 3.64. The quantitative estimate of drug-likeness (QED) is 0.675. The molecule has 0 radical (unpaired) electrons. The average Bonchev–Trinajstić information content (AvgIpc) is 2.35. The summed E-state index contributed by atoms with van der Waals surface area (Å²) in [5, 5.41) is 12.7. The largest absolute Gasteiger partial charge is 0.396 e. The van der Waals surface area contributed by atoms with Gasteiger partial charge in [-0.3, -0.25) is 0 Å². The third-order valence-electron chi connectivity index (χ3n) is 2.93. The van der Waals surface area contributed by atoms with E-state index in [1.165, 1.54) is 25.7 Å². The SMILES string of the molecule is CCC(CO)C1CCCCCN1. The van der Waals surface area contributed by atoms with Gasteiger partial charge in [0, 0.05) is 12.6 Å². The van der Waals surface area contributed by atoms with Crippen LogP contribution in [0.5, 0.6) is 0 Å². The average molecular weight is 171 g/mol. The molecule has 1 heterocycles. The number of hydrogen-bond donors (Lipinski definition) is 2. The molecule has 0 aliphatic carbocycles. The number of nitrogens with one attached hydrogen (secondary N) is 1. The summed E-state index contributed by atoms with van der Waals surface area (Å²) in [6, 6.07) is 0.572. The summed E-state index contributed by atoms with van der Waals surface area (Å²) in [5.41, 5.74) is 0. The molecule has 72 valence electrons. The molecule has 0 amide bonds. The van der Waals surface area contributed by atoms with Crippen molar-refractivity contribution in [2.45, 2.75) is 45.1 Å². The molecule has 0 aromatic carbocycles. The Morgan fingerprint density at radius 3 is 2.92 bits per heavy atom. The van der Waals surface area contributed by atoms with Crippen LogP contribution >= 0.6 is 0 Å². The highest BCUT2D eigenvalue weighted by Gasteiger charge is 2.19. The van der Waals surface area contributed by atoms with Gasteiger partial charge in [0.15, 0.2) is 0 Å². The normalized spacial score (nSPS) is 28.0. The second-order valence-corrected chi connectivity index (χ2v) is 3.76. The molecular weight excluding hydrogens is 150 g/mol. The van der Waals surface area contributed by atoms with Gasteiger partial charge in [-0.2, -0.15) is 0 Å². The lowest BCUT2D eigenvalue weighted by Gasteiger charge is -2.23. The third kappa shape index (κ3) is 2.76. The van der Waals surface area contributed by atoms with Gasteiger partial charge in [0.25, 0.3) is 0 Å². The highest BCUT2D eigenvalue weighted by molar-refractivity contribution is 4.77. The fourth-order valence-electron chi connectivity index (χ4n) is 2.00. The monoisotopic (exact) mass is 171 g/mol. The first kappa shape index (κ1) is 10.0. The first-order valence-electron chi connectivity index (χ1n) is 5.22. The summed E-state index contributed by atoms with van der Waals surface area (Å²) in [7, 11) is 0. The van der Waals surface area contributed by atoms with E-state index in [2.05, 4.69) is 12.2 Å². The van der Waals surface area contributed by atoms with Crippen LogP contribution < -0.4 is 5.32 Å². The molecular formula is C10H21NO. The van der Waals surface area contributed by atoms with Gasteiger partial charge >= 0.3 is 0 Å². The van der Waals surface area contributed by atoms with Crippen molar-refractivity contribution in [3.63, 3.8) is 0 Å². The molecule has 1 rings (SSSR count). The first-order chi connectivity index (χ1) is 5.88. The fraction of sp³-hybridized carbons (Fsp3) is 1.00. The Hall–Kier alpha value is -0.0800. The van der Waals surface area contributed by atoms with Crippen LogP contribution in [-0.4, -0.2) is 24.3 Å². The Labute approximate surface area is 75.4 Å². The van der Waals surface area contributed by atoms with Crippen LogP contribution in [-0.2, 0) is 0 Å². The van der Waals surface area contributed by atoms with Gasteiger partial charge in [-0.1, -0.05) is 19.8 Å². The molecule has 0 saturated carbocycles. The second-order valence-electron chi connectivity index (χ2n) is 3.76. The molecule has 2 nitrogen and oxygen atoms in total. The van der Waals surface area contributed by atoms with Gasteiger partial charge in [0.1, 0.15) is 0 Å². The summed E-state index contributed by atoms with van der Waals surface area (Å²) in [5.74, 6) is 0.475. The Bertz CT molecular complexity index is 104. The van der Waals surface area contributed by atoms with Crippen molar-refractivity contribution in [1.29, 1.82) is 0 Å². The molecule has 2 N–H and O–H groups in total. The lowest BCUT2D eigenvalue weighted by Crippen LogP contribution is -2.37. The molecule has 1 fully saturated rings. The van der Waals surface area contributed by atoms with E-state index in [0.29, 0.717) is 18.6 Å². The van der Waals surface area contributed by atoms with E-state index >= 15 is 0 Å². The number of hydrogen-bond acceptors (Lipinski definition) is 2. The lowest BCUT2D eigenvalue weighted by atomic mass is 9.94. The molecule has 1 aliphatic heterocycles. The van der Waals surface area contributed by atoms with E-state index < -0.39 is 0 Å². The van der Waals surface area contributed by atoms with Crippen LogP contribution in [0.4, 0.5) is 0 Å². The first-order valence-corrected chi connectivity index (χ1v) is 5.22. The lowest BCUT2D eigenvalue weighted by molar-refractivity contribution is 0.182. The van der Waals surface area contributed by atoms with E-state index in [0.717, 1.165) is 13.0 Å². The van der Waals surface area contributed by atoms with Crippen molar-refractivity contribution in [3.05, 3.63) is 0 Å². The van der Waals surface area contributed by atoms with Crippen LogP contribution in [0.3, 0.4) is 0 Å². The van der Waals surface area contributed by atoms with Crippen molar-refractivity contribution in [1.82, 2.24) is 5.32 Å². The molecule has 0 bridgehead atoms. The minimum absolute atomic E-state index is 0.341. The maximum atomic E-state index is 9.13. The Morgan fingerprint density at radius 1 is 1.42 bits per heavy atom. The minimum Gasteiger partial charge on any atom is -0.396 e. The van der Waals surface area contributed by atoms with E-state index in [9.17, 15) is 0 Å². The van der Waals surface area contributed by atoms with Crippen LogP contribution in [0, 0.1) is 5.92 Å². The molecule has 12 heavy (non-hydrogen) atoms. The van der Waals surface area contributed by atoms with Crippen molar-refractivity contribution >= 4 is 0 Å². The molecule has 1 saturated heterocycles. The van der Waals surface area contributed by atoms with E-state index in [-0.39, 0.29) is 0 Å². The van der Waals surface area contributed by atoms with Gasteiger partial charge in [-0.15, -0.1) is 0 Å². The second kappa shape index (κ2) is 5.55. The summed E-state index contributed by atoms with van der Waals surface area (Å²) in [6.07, 6.45) is 6.32. The van der Waals surface area contributed by atoms with E-state index in [1.807, 2.05) is 0 Å². The predicted octanol–water partition coefficient (Wildman–Crippen LogP) is 1.54. The van der Waals surface area contributed by atoms with Crippen molar-refractivity contribution in [3.8, 4) is 0 Å². The van der Waals surface area contributed by atoms with Gasteiger partial charge in [0.05, 0.1) is 0 Å². The van der Waals surface area contributed by atoms with Crippen LogP contribution in [0.1, 0.15) is 39.0 Å². The maximum Gasteiger partial charge on any atom is 0.0474 e. The van der Waals surface area contributed by atoms with Crippen molar-refractivity contribution in [2.24, 2.45) is 5.92 Å². The van der Waals surface area contributed by atoms with Crippen LogP contribution in [0.2, 0.25) is 0 Å². The fourth-order valence-corrected chi connectivity index (χ4v) is 2.00. The van der Waals surface area contributed by atoms with Gasteiger partial charge < -0.3 is 10.4 Å². The standard InChI is InChI=1S/C10H21NO/c1-2-9(8-12)10-6-4-3-5-7-11-10/h9-12H,2-8H2,1H3. The summed E-state index contributed by atoms with van der Waals surface area (Å²) < 4.78 is 0. The summed E-state index contributed by atoms with van der Waals surface area (Å²) >= 11 is 0. The van der Waals surface area contributed by atoms with E-state index in [4.69, 9.17) is 5.11 Å². The van der Waals surface area contributed by atoms with Gasteiger partial charge in [-0.25, -0.2) is 0 Å². The molecule has 2 unspecified atom stereocenters. The third-order valence-corrected chi connectivity index (χ3v) is 2.93. The van der Waals surface area contributed by atoms with Gasteiger partial charge in [-0.05, 0) is 31.7 Å². The molecule has 0 aromatic heterocycles. The molecule has 0 spiro atoms. The zero-order valence-electron chi connectivity index (χ0n) is 8.05. The van der Waals surface area contributed by atoms with Crippen molar-refractivity contribution in [2.75, 3.05) is 13.2 Å². The zero-order chi connectivity index (χ0) is 8.81. The predicted molar refractivity (Wildman–Crippen MR) is 51.1 cm³/mol. The smallest absolute Gasteiger partial charge is 0.0474 e. The Morgan fingerprint density at radius 2 is 2.25 bits per heavy atom. The Balaban J connectivity index is 2.35. The molecule has 0 aromatic rings. The Kier molecular flexibility index (Phi) is 4.62. The topological polar surface area (TPSA) is 32.3 Å². The van der Waals surface area contributed by atoms with Crippen molar-refractivity contribution < 1.29 is 5.11 Å².